The molecule has 2 N–H and O–H groups in total. The number of amides is 1. The number of aryl methyl sites for hydroxylation is 1. The lowest BCUT2D eigenvalue weighted by Gasteiger charge is -2.04. The summed E-state index contributed by atoms with van der Waals surface area (Å²) < 4.78 is 6.84. The van der Waals surface area contributed by atoms with Gasteiger partial charge < -0.3 is 9.30 Å². The van der Waals surface area contributed by atoms with Crippen molar-refractivity contribution in [2.24, 2.45) is 0 Å². The maximum atomic E-state index is 12.1. The smallest absolute Gasteiger partial charge is 0.337 e. The fourth-order valence-corrected chi connectivity index (χ4v) is 1.82. The fraction of sp³-hybridized carbons (Fsp3) is 0.364. The molecule has 2 heterocycles. The Kier molecular flexibility index (Phi) is 4.06. The van der Waals surface area contributed by atoms with E-state index in [9.17, 15) is 4.79 Å². The van der Waals surface area contributed by atoms with Gasteiger partial charge in [0.05, 0.1) is 11.6 Å². The highest BCUT2D eigenvalue weighted by Crippen LogP contribution is 2.15. The topological polar surface area (TPSA) is 84.8 Å². The Bertz CT molecular complexity index is 577. The molecule has 102 valence electrons. The molecule has 0 unspecified atom stereocenters. The Morgan fingerprint density at radius 2 is 2.37 bits per heavy atom. The predicted octanol–water partition coefficient (Wildman–Crippen LogP) is 1.93. The molecule has 0 radical (unpaired) electrons. The molecule has 0 aliphatic heterocycles. The molecule has 2 rings (SSSR count). The van der Waals surface area contributed by atoms with E-state index in [2.05, 4.69) is 20.5 Å². The van der Waals surface area contributed by atoms with Crippen molar-refractivity contribution in [2.45, 2.75) is 20.4 Å². The highest BCUT2D eigenvalue weighted by molar-refractivity contribution is 6.31. The number of hydrogen-bond acceptors (Lipinski definition) is 4. The molecule has 0 aliphatic rings. The molecule has 2 aromatic heterocycles. The Morgan fingerprint density at radius 3 is 3.05 bits per heavy atom. The summed E-state index contributed by atoms with van der Waals surface area (Å²) >= 11 is 5.88. The Morgan fingerprint density at radius 1 is 1.58 bits per heavy atom. The molecule has 0 spiro atoms. The van der Waals surface area contributed by atoms with Crippen LogP contribution in [0.25, 0.3) is 0 Å². The van der Waals surface area contributed by atoms with Crippen LogP contribution in [0, 0.1) is 0 Å². The molecule has 0 fully saturated rings. The first-order valence-corrected chi connectivity index (χ1v) is 6.24. The van der Waals surface area contributed by atoms with Crippen LogP contribution in [0.2, 0.25) is 5.02 Å². The summed E-state index contributed by atoms with van der Waals surface area (Å²) in [7, 11) is 0. The van der Waals surface area contributed by atoms with Crippen molar-refractivity contribution in [3.63, 3.8) is 0 Å². The second-order valence-electron chi connectivity index (χ2n) is 3.68. The van der Waals surface area contributed by atoms with E-state index in [1.54, 1.807) is 16.8 Å². The number of halogens is 1. The van der Waals surface area contributed by atoms with Gasteiger partial charge >= 0.3 is 6.01 Å². The minimum Gasteiger partial charge on any atom is -0.463 e. The molecular formula is C11H14ClN5O2. The number of H-pyrrole nitrogens is 1. The van der Waals surface area contributed by atoms with Crippen LogP contribution in [-0.2, 0) is 6.54 Å². The van der Waals surface area contributed by atoms with Crippen LogP contribution in [0.3, 0.4) is 0 Å². The summed E-state index contributed by atoms with van der Waals surface area (Å²) in [5, 5.41) is 9.48. The average molecular weight is 284 g/mol. The molecular weight excluding hydrogens is 270 g/mol. The predicted molar refractivity (Wildman–Crippen MR) is 70.6 cm³/mol. The van der Waals surface area contributed by atoms with Gasteiger partial charge in [0.15, 0.2) is 0 Å². The second-order valence-corrected chi connectivity index (χ2v) is 4.12. The zero-order valence-electron chi connectivity index (χ0n) is 10.6. The van der Waals surface area contributed by atoms with E-state index >= 15 is 0 Å². The molecule has 0 saturated carbocycles. The zero-order chi connectivity index (χ0) is 13.8. The third-order valence-electron chi connectivity index (χ3n) is 2.41. The summed E-state index contributed by atoms with van der Waals surface area (Å²) in [5.74, 6) is -0.0821. The molecule has 0 bridgehead atoms. The van der Waals surface area contributed by atoms with E-state index in [0.29, 0.717) is 23.9 Å². The normalized spacial score (nSPS) is 10.5. The summed E-state index contributed by atoms with van der Waals surface area (Å²) in [6.07, 6.45) is 1.70. The van der Waals surface area contributed by atoms with Crippen LogP contribution in [0.4, 0.5) is 5.95 Å². The van der Waals surface area contributed by atoms with E-state index in [4.69, 9.17) is 16.3 Å². The van der Waals surface area contributed by atoms with Crippen LogP contribution in [0.15, 0.2) is 12.3 Å². The van der Waals surface area contributed by atoms with Gasteiger partial charge in [0.1, 0.15) is 5.69 Å². The number of carbonyl (C=O) groups is 1. The Labute approximate surface area is 114 Å². The van der Waals surface area contributed by atoms with Gasteiger partial charge in [-0.15, -0.1) is 5.10 Å². The molecule has 8 heteroatoms. The Balaban J connectivity index is 2.11. The van der Waals surface area contributed by atoms with Gasteiger partial charge in [-0.3, -0.25) is 10.1 Å². The summed E-state index contributed by atoms with van der Waals surface area (Å²) in [5.41, 5.74) is 0.460. The van der Waals surface area contributed by atoms with E-state index < -0.39 is 0 Å². The first kappa shape index (κ1) is 13.4. The van der Waals surface area contributed by atoms with E-state index in [1.807, 2.05) is 13.8 Å². The van der Waals surface area contributed by atoms with Crippen molar-refractivity contribution >= 4 is 23.5 Å². The highest BCUT2D eigenvalue weighted by atomic mass is 35.5. The van der Waals surface area contributed by atoms with Crippen molar-refractivity contribution in [3.8, 4) is 6.01 Å². The van der Waals surface area contributed by atoms with E-state index in [-0.39, 0.29) is 17.9 Å². The van der Waals surface area contributed by atoms with Crippen molar-refractivity contribution in [1.82, 2.24) is 19.7 Å². The van der Waals surface area contributed by atoms with Crippen LogP contribution in [-0.4, -0.2) is 32.3 Å². The molecule has 0 saturated heterocycles. The van der Waals surface area contributed by atoms with Gasteiger partial charge in [-0.2, -0.15) is 4.98 Å². The molecule has 0 aromatic carbocycles. The van der Waals surface area contributed by atoms with Gasteiger partial charge in [0.2, 0.25) is 5.95 Å². The number of anilines is 1. The standard InChI is InChI=1S/C11H14ClN5O2/c1-3-17-6-7(12)5-8(17)9(18)13-10-14-11(16-15-10)19-4-2/h5-6H,3-4H2,1-2H3,(H2,13,14,15,16,18). The molecule has 19 heavy (non-hydrogen) atoms. The quantitative estimate of drug-likeness (QED) is 0.878. The molecule has 0 aliphatic carbocycles. The largest absolute Gasteiger partial charge is 0.463 e. The third-order valence-corrected chi connectivity index (χ3v) is 2.61. The fourth-order valence-electron chi connectivity index (χ4n) is 1.59. The number of aromatic amines is 1. The lowest BCUT2D eigenvalue weighted by Crippen LogP contribution is -2.17. The van der Waals surface area contributed by atoms with Gasteiger partial charge in [-0.1, -0.05) is 11.6 Å². The number of nitrogens with zero attached hydrogens (tertiary/aromatic N) is 3. The summed E-state index contributed by atoms with van der Waals surface area (Å²) in [6.45, 7) is 4.86. The van der Waals surface area contributed by atoms with Crippen molar-refractivity contribution < 1.29 is 9.53 Å². The van der Waals surface area contributed by atoms with Gasteiger partial charge in [-0.25, -0.2) is 5.10 Å². The first-order chi connectivity index (χ1) is 9.13. The molecule has 0 atom stereocenters. The minimum absolute atomic E-state index is 0.196. The minimum atomic E-state index is -0.312. The number of aromatic nitrogens is 4. The summed E-state index contributed by atoms with van der Waals surface area (Å²) in [4.78, 5) is 16.0. The average Bonchev–Trinajstić information content (AvgIpc) is 2.96. The maximum Gasteiger partial charge on any atom is 0.337 e. The van der Waals surface area contributed by atoms with Crippen LogP contribution in [0.5, 0.6) is 6.01 Å². The zero-order valence-corrected chi connectivity index (χ0v) is 11.4. The number of ether oxygens (including phenoxy) is 1. The summed E-state index contributed by atoms with van der Waals surface area (Å²) in [6, 6.07) is 1.79. The molecule has 1 amide bonds. The van der Waals surface area contributed by atoms with Crippen molar-refractivity contribution in [3.05, 3.63) is 23.0 Å². The molecule has 7 nitrogen and oxygen atoms in total. The maximum absolute atomic E-state index is 12.1. The van der Waals surface area contributed by atoms with Crippen LogP contribution >= 0.6 is 11.6 Å². The lowest BCUT2D eigenvalue weighted by atomic mass is 10.4. The number of carbonyl (C=O) groups excluding carboxylic acids is 1. The second kappa shape index (κ2) is 5.75. The van der Waals surface area contributed by atoms with E-state index in [0.717, 1.165) is 0 Å². The van der Waals surface area contributed by atoms with Gasteiger partial charge in [0.25, 0.3) is 5.91 Å². The van der Waals surface area contributed by atoms with Crippen molar-refractivity contribution in [1.29, 1.82) is 0 Å². The van der Waals surface area contributed by atoms with E-state index in [1.165, 1.54) is 0 Å². The Hall–Kier alpha value is -2.02. The van der Waals surface area contributed by atoms with Crippen LogP contribution in [0.1, 0.15) is 24.3 Å². The van der Waals surface area contributed by atoms with Crippen molar-refractivity contribution in [2.75, 3.05) is 11.9 Å². The first-order valence-electron chi connectivity index (χ1n) is 5.86. The van der Waals surface area contributed by atoms with Gasteiger partial charge in [0, 0.05) is 12.7 Å². The SMILES string of the molecule is CCOc1n[nH]c(NC(=O)c2cc(Cl)cn2CC)n1. The number of nitrogens with one attached hydrogen (secondary N) is 2. The number of rotatable bonds is 5. The highest BCUT2D eigenvalue weighted by Gasteiger charge is 2.14. The number of hydrogen-bond donors (Lipinski definition) is 2. The monoisotopic (exact) mass is 283 g/mol. The van der Waals surface area contributed by atoms with Crippen LogP contribution < -0.4 is 10.1 Å². The van der Waals surface area contributed by atoms with Gasteiger partial charge in [-0.05, 0) is 19.9 Å². The lowest BCUT2D eigenvalue weighted by molar-refractivity contribution is 0.101. The third kappa shape index (κ3) is 3.05. The molecule has 2 aromatic rings.